The van der Waals surface area contributed by atoms with Gasteiger partial charge in [0.1, 0.15) is 5.75 Å². The van der Waals surface area contributed by atoms with Crippen LogP contribution in [0.2, 0.25) is 0 Å². The molecule has 0 spiro atoms. The third kappa shape index (κ3) is 4.13. The van der Waals surface area contributed by atoms with Gasteiger partial charge in [-0.2, -0.15) is 0 Å². The van der Waals surface area contributed by atoms with Gasteiger partial charge in [0.05, 0.1) is 0 Å². The highest BCUT2D eigenvalue weighted by atomic mass is 79.9. The summed E-state index contributed by atoms with van der Waals surface area (Å²) in [5, 5.41) is 12.6. The second-order valence-corrected chi connectivity index (χ2v) is 3.61. The van der Waals surface area contributed by atoms with Gasteiger partial charge in [0.2, 0.25) is 0 Å². The van der Waals surface area contributed by atoms with Crippen LogP contribution in [-0.4, -0.2) is 11.7 Å². The van der Waals surface area contributed by atoms with E-state index in [4.69, 9.17) is 0 Å². The monoisotopic (exact) mass is 277 g/mol. The first-order valence-corrected chi connectivity index (χ1v) is 4.82. The number of hydrogen-bond acceptors (Lipinski definition) is 2. The average molecular weight is 279 g/mol. The Morgan fingerprint density at radius 1 is 1.50 bits per heavy atom. The van der Waals surface area contributed by atoms with Gasteiger partial charge < -0.3 is 10.4 Å². The number of rotatable bonds is 4. The molecule has 0 saturated carbocycles. The Kier molecular flexibility index (Phi) is 6.62. The van der Waals surface area contributed by atoms with Gasteiger partial charge in [-0.25, -0.2) is 0 Å². The maximum Gasteiger partial charge on any atom is 0.120 e. The predicted octanol–water partition coefficient (Wildman–Crippen LogP) is 2.85. The number of benzene rings is 1. The van der Waals surface area contributed by atoms with E-state index in [1.165, 1.54) is 0 Å². The van der Waals surface area contributed by atoms with Crippen LogP contribution >= 0.6 is 28.3 Å². The van der Waals surface area contributed by atoms with E-state index in [0.29, 0.717) is 12.3 Å². The molecular formula is C10H13BrClNO. The molecule has 14 heavy (non-hydrogen) atoms. The summed E-state index contributed by atoms with van der Waals surface area (Å²) in [5.74, 6) is 0.319. The van der Waals surface area contributed by atoms with Crippen molar-refractivity contribution >= 4 is 28.3 Å². The second kappa shape index (κ2) is 6.87. The third-order valence-electron chi connectivity index (χ3n) is 1.65. The summed E-state index contributed by atoms with van der Waals surface area (Å²) in [6.45, 7) is 4.99. The molecule has 0 unspecified atom stereocenters. The zero-order chi connectivity index (χ0) is 9.68. The Labute approximate surface area is 98.6 Å². The van der Waals surface area contributed by atoms with Crippen molar-refractivity contribution in [2.24, 2.45) is 0 Å². The lowest BCUT2D eigenvalue weighted by Crippen LogP contribution is -2.12. The van der Waals surface area contributed by atoms with Gasteiger partial charge in [-0.1, -0.05) is 22.0 Å². The number of nitrogens with one attached hydrogen (secondary N) is 1. The lowest BCUT2D eigenvalue weighted by molar-refractivity contribution is 0.465. The van der Waals surface area contributed by atoms with Crippen LogP contribution in [0.15, 0.2) is 35.3 Å². The van der Waals surface area contributed by atoms with Gasteiger partial charge in [-0.15, -0.1) is 19.0 Å². The summed E-state index contributed by atoms with van der Waals surface area (Å²) in [6, 6.07) is 5.38. The Morgan fingerprint density at radius 3 is 2.86 bits per heavy atom. The molecule has 1 aromatic carbocycles. The number of hydrogen-bond donors (Lipinski definition) is 2. The van der Waals surface area contributed by atoms with E-state index < -0.39 is 0 Å². The van der Waals surface area contributed by atoms with Crippen molar-refractivity contribution in [3.63, 3.8) is 0 Å². The van der Waals surface area contributed by atoms with Crippen molar-refractivity contribution in [2.45, 2.75) is 6.54 Å². The fraction of sp³-hybridized carbons (Fsp3) is 0.200. The van der Waals surface area contributed by atoms with Gasteiger partial charge in [0.25, 0.3) is 0 Å². The van der Waals surface area contributed by atoms with Crippen molar-refractivity contribution in [3.8, 4) is 5.75 Å². The summed E-state index contributed by atoms with van der Waals surface area (Å²) >= 11 is 3.35. The van der Waals surface area contributed by atoms with Crippen LogP contribution in [0.1, 0.15) is 5.56 Å². The van der Waals surface area contributed by atoms with Crippen molar-refractivity contribution in [2.75, 3.05) is 6.54 Å². The van der Waals surface area contributed by atoms with E-state index >= 15 is 0 Å². The van der Waals surface area contributed by atoms with Crippen LogP contribution in [0.5, 0.6) is 5.75 Å². The summed E-state index contributed by atoms with van der Waals surface area (Å²) in [6.07, 6.45) is 1.79. The SMILES string of the molecule is C=CCNCc1cc(Br)ccc1O.Cl. The molecule has 0 radical (unpaired) electrons. The highest BCUT2D eigenvalue weighted by Gasteiger charge is 1.99. The number of halogens is 2. The molecule has 78 valence electrons. The molecular weight excluding hydrogens is 265 g/mol. The van der Waals surface area contributed by atoms with Gasteiger partial charge in [-0.05, 0) is 18.2 Å². The van der Waals surface area contributed by atoms with E-state index in [-0.39, 0.29) is 12.4 Å². The summed E-state index contributed by atoms with van der Waals surface area (Å²) in [7, 11) is 0. The Balaban J connectivity index is 0.00000169. The maximum absolute atomic E-state index is 9.45. The minimum Gasteiger partial charge on any atom is -0.508 e. The van der Waals surface area contributed by atoms with Crippen LogP contribution < -0.4 is 5.32 Å². The number of aromatic hydroxyl groups is 1. The molecule has 1 aromatic rings. The normalized spacial score (nSPS) is 9.21. The zero-order valence-corrected chi connectivity index (χ0v) is 10.1. The van der Waals surface area contributed by atoms with Crippen LogP contribution in [0.4, 0.5) is 0 Å². The van der Waals surface area contributed by atoms with Crippen LogP contribution in [-0.2, 0) is 6.54 Å². The minimum atomic E-state index is 0. The molecule has 0 aromatic heterocycles. The van der Waals surface area contributed by atoms with Gasteiger partial charge in [0, 0.05) is 23.1 Å². The molecule has 1 rings (SSSR count). The van der Waals surface area contributed by atoms with Crippen LogP contribution in [0.3, 0.4) is 0 Å². The zero-order valence-electron chi connectivity index (χ0n) is 7.66. The topological polar surface area (TPSA) is 32.3 Å². The highest BCUT2D eigenvalue weighted by Crippen LogP contribution is 2.21. The molecule has 0 fully saturated rings. The Hall–Kier alpha value is -0.510. The fourth-order valence-electron chi connectivity index (χ4n) is 1.00. The molecule has 2 nitrogen and oxygen atoms in total. The summed E-state index contributed by atoms with van der Waals surface area (Å²) in [4.78, 5) is 0. The van der Waals surface area contributed by atoms with Gasteiger partial charge in [-0.3, -0.25) is 0 Å². The number of phenolic OH excluding ortho intramolecular Hbond substituents is 1. The average Bonchev–Trinajstić information content (AvgIpc) is 2.11. The highest BCUT2D eigenvalue weighted by molar-refractivity contribution is 9.10. The van der Waals surface area contributed by atoms with Crippen molar-refractivity contribution in [1.29, 1.82) is 0 Å². The largest absolute Gasteiger partial charge is 0.508 e. The fourth-order valence-corrected chi connectivity index (χ4v) is 1.41. The molecule has 0 saturated heterocycles. The van der Waals surface area contributed by atoms with Crippen molar-refractivity contribution in [1.82, 2.24) is 5.32 Å². The van der Waals surface area contributed by atoms with Gasteiger partial charge >= 0.3 is 0 Å². The van der Waals surface area contributed by atoms with Crippen molar-refractivity contribution < 1.29 is 5.11 Å². The van der Waals surface area contributed by atoms with E-state index in [0.717, 1.165) is 16.6 Å². The maximum atomic E-state index is 9.45. The van der Waals surface area contributed by atoms with Crippen LogP contribution in [0, 0.1) is 0 Å². The van der Waals surface area contributed by atoms with E-state index in [1.54, 1.807) is 12.1 Å². The lowest BCUT2D eigenvalue weighted by Gasteiger charge is -2.05. The molecule has 2 N–H and O–H groups in total. The summed E-state index contributed by atoms with van der Waals surface area (Å²) in [5.41, 5.74) is 0.885. The van der Waals surface area contributed by atoms with E-state index in [1.807, 2.05) is 12.1 Å². The van der Waals surface area contributed by atoms with Gasteiger partial charge in [0.15, 0.2) is 0 Å². The third-order valence-corrected chi connectivity index (χ3v) is 2.14. The molecule has 0 atom stereocenters. The minimum absolute atomic E-state index is 0. The first kappa shape index (κ1) is 13.5. The van der Waals surface area contributed by atoms with E-state index in [2.05, 4.69) is 27.8 Å². The summed E-state index contributed by atoms with van der Waals surface area (Å²) < 4.78 is 0.973. The molecule has 4 heteroatoms. The van der Waals surface area contributed by atoms with E-state index in [9.17, 15) is 5.11 Å². The molecule has 0 bridgehead atoms. The van der Waals surface area contributed by atoms with Crippen LogP contribution in [0.25, 0.3) is 0 Å². The lowest BCUT2D eigenvalue weighted by atomic mass is 10.2. The molecule has 0 aliphatic rings. The molecule has 0 amide bonds. The second-order valence-electron chi connectivity index (χ2n) is 2.69. The Bertz CT molecular complexity index is 304. The number of phenols is 1. The predicted molar refractivity (Wildman–Crippen MR) is 65.0 cm³/mol. The molecule has 0 aliphatic heterocycles. The first-order chi connectivity index (χ1) is 6.24. The standard InChI is InChI=1S/C10H12BrNO.ClH/c1-2-5-12-7-8-6-9(11)3-4-10(8)13;/h2-4,6,12-13H,1,5,7H2;1H. The first-order valence-electron chi connectivity index (χ1n) is 4.03. The molecule has 0 aliphatic carbocycles. The quantitative estimate of drug-likeness (QED) is 0.656. The van der Waals surface area contributed by atoms with Crippen molar-refractivity contribution in [3.05, 3.63) is 40.9 Å². The Morgan fingerprint density at radius 2 is 2.21 bits per heavy atom. The smallest absolute Gasteiger partial charge is 0.120 e. The molecule has 0 heterocycles.